The predicted molar refractivity (Wildman–Crippen MR) is 84.4 cm³/mol. The van der Waals surface area contributed by atoms with Crippen LogP contribution in [0.1, 0.15) is 58.3 Å². The zero-order valence-corrected chi connectivity index (χ0v) is 13.9. The molecule has 118 valence electrons. The number of hydrogen-bond donors (Lipinski definition) is 2. The van der Waals surface area contributed by atoms with Gasteiger partial charge < -0.3 is 15.2 Å². The van der Waals surface area contributed by atoms with E-state index in [2.05, 4.69) is 5.32 Å². The molecule has 0 fully saturated rings. The van der Waals surface area contributed by atoms with Crippen molar-refractivity contribution in [2.24, 2.45) is 0 Å². The van der Waals surface area contributed by atoms with Gasteiger partial charge in [-0.1, -0.05) is 13.0 Å². The standard InChI is InChI=1S/C17H27NO3/c1-7-17(5,6)18-16(20)13(4)21-15-9-8-14(12(3)19)10-11(15)2/h8-10,12-13,19H,7H2,1-6H3,(H,18,20). The van der Waals surface area contributed by atoms with Crippen molar-refractivity contribution in [2.45, 2.75) is 65.7 Å². The molecule has 4 nitrogen and oxygen atoms in total. The first-order valence-electron chi connectivity index (χ1n) is 7.43. The zero-order valence-electron chi connectivity index (χ0n) is 13.9. The molecule has 0 aliphatic rings. The Hall–Kier alpha value is -1.55. The number of carbonyl (C=O) groups is 1. The van der Waals surface area contributed by atoms with Crippen LogP contribution in [0.4, 0.5) is 0 Å². The molecule has 0 saturated heterocycles. The Kier molecular flexibility index (Phi) is 5.78. The lowest BCUT2D eigenvalue weighted by molar-refractivity contribution is -0.129. The maximum Gasteiger partial charge on any atom is 0.261 e. The van der Waals surface area contributed by atoms with Gasteiger partial charge in [-0.3, -0.25) is 4.79 Å². The van der Waals surface area contributed by atoms with Crippen LogP contribution in [-0.4, -0.2) is 22.7 Å². The van der Waals surface area contributed by atoms with E-state index in [1.807, 2.05) is 39.8 Å². The van der Waals surface area contributed by atoms with Crippen molar-refractivity contribution >= 4 is 5.91 Å². The summed E-state index contributed by atoms with van der Waals surface area (Å²) in [5.41, 5.74) is 1.51. The number of hydrogen-bond acceptors (Lipinski definition) is 3. The summed E-state index contributed by atoms with van der Waals surface area (Å²) >= 11 is 0. The summed E-state index contributed by atoms with van der Waals surface area (Å²) in [5.74, 6) is 0.539. The van der Waals surface area contributed by atoms with E-state index in [-0.39, 0.29) is 11.4 Å². The highest BCUT2D eigenvalue weighted by atomic mass is 16.5. The van der Waals surface area contributed by atoms with E-state index < -0.39 is 12.2 Å². The molecule has 0 saturated carbocycles. The second-order valence-corrected chi connectivity index (χ2v) is 6.19. The van der Waals surface area contributed by atoms with E-state index in [4.69, 9.17) is 4.74 Å². The number of aliphatic hydroxyl groups is 1. The van der Waals surface area contributed by atoms with E-state index in [1.54, 1.807) is 19.9 Å². The zero-order chi connectivity index (χ0) is 16.2. The second kappa shape index (κ2) is 6.94. The first-order valence-corrected chi connectivity index (χ1v) is 7.43. The topological polar surface area (TPSA) is 58.6 Å². The number of aliphatic hydroxyl groups excluding tert-OH is 1. The molecule has 0 bridgehead atoms. The fourth-order valence-corrected chi connectivity index (χ4v) is 1.83. The van der Waals surface area contributed by atoms with Crippen molar-refractivity contribution in [1.82, 2.24) is 5.32 Å². The smallest absolute Gasteiger partial charge is 0.261 e. The fourth-order valence-electron chi connectivity index (χ4n) is 1.83. The van der Waals surface area contributed by atoms with E-state index in [0.717, 1.165) is 17.5 Å². The molecule has 0 heterocycles. The molecule has 0 radical (unpaired) electrons. The van der Waals surface area contributed by atoms with Gasteiger partial charge in [0.25, 0.3) is 5.91 Å². The van der Waals surface area contributed by atoms with Gasteiger partial charge in [0, 0.05) is 5.54 Å². The minimum atomic E-state index is -0.563. The molecule has 2 unspecified atom stereocenters. The van der Waals surface area contributed by atoms with Crippen molar-refractivity contribution in [3.8, 4) is 5.75 Å². The Bertz CT molecular complexity index is 495. The highest BCUT2D eigenvalue weighted by Crippen LogP contribution is 2.23. The van der Waals surface area contributed by atoms with Crippen molar-refractivity contribution in [1.29, 1.82) is 0 Å². The SMILES string of the molecule is CCC(C)(C)NC(=O)C(C)Oc1ccc(C(C)O)cc1C. The van der Waals surface area contributed by atoms with Crippen LogP contribution in [0.5, 0.6) is 5.75 Å². The largest absolute Gasteiger partial charge is 0.481 e. The Morgan fingerprint density at radius 2 is 2.00 bits per heavy atom. The van der Waals surface area contributed by atoms with Crippen LogP contribution >= 0.6 is 0 Å². The lowest BCUT2D eigenvalue weighted by atomic mass is 10.0. The van der Waals surface area contributed by atoms with Gasteiger partial charge in [-0.2, -0.15) is 0 Å². The molecule has 0 aliphatic carbocycles. The number of carbonyl (C=O) groups excluding carboxylic acids is 1. The van der Waals surface area contributed by atoms with E-state index in [0.29, 0.717) is 5.75 Å². The maximum absolute atomic E-state index is 12.1. The average Bonchev–Trinajstić information content (AvgIpc) is 2.40. The van der Waals surface area contributed by atoms with Gasteiger partial charge in [0.1, 0.15) is 5.75 Å². The number of rotatable bonds is 6. The summed E-state index contributed by atoms with van der Waals surface area (Å²) in [7, 11) is 0. The van der Waals surface area contributed by atoms with Crippen molar-refractivity contribution < 1.29 is 14.6 Å². The van der Waals surface area contributed by atoms with Gasteiger partial charge in [0.05, 0.1) is 6.10 Å². The van der Waals surface area contributed by atoms with Gasteiger partial charge in [-0.15, -0.1) is 0 Å². The van der Waals surface area contributed by atoms with Gasteiger partial charge in [0.2, 0.25) is 0 Å². The number of nitrogens with one attached hydrogen (secondary N) is 1. The van der Waals surface area contributed by atoms with Crippen molar-refractivity contribution in [2.75, 3.05) is 0 Å². The summed E-state index contributed by atoms with van der Waals surface area (Å²) in [6.07, 6.45) is -0.219. The summed E-state index contributed by atoms with van der Waals surface area (Å²) < 4.78 is 5.74. The monoisotopic (exact) mass is 293 g/mol. The lowest BCUT2D eigenvalue weighted by Crippen LogP contribution is -2.48. The third-order valence-corrected chi connectivity index (χ3v) is 3.70. The van der Waals surface area contributed by atoms with Crippen molar-refractivity contribution in [3.63, 3.8) is 0 Å². The normalized spacial score (nSPS) is 14.4. The van der Waals surface area contributed by atoms with Crippen LogP contribution in [0.2, 0.25) is 0 Å². The van der Waals surface area contributed by atoms with E-state index >= 15 is 0 Å². The Morgan fingerprint density at radius 3 is 2.48 bits per heavy atom. The molecule has 0 aromatic heterocycles. The molecule has 21 heavy (non-hydrogen) atoms. The van der Waals surface area contributed by atoms with E-state index in [1.165, 1.54) is 0 Å². The molecule has 0 spiro atoms. The molecule has 0 aliphatic heterocycles. The second-order valence-electron chi connectivity index (χ2n) is 6.19. The molecule has 1 aromatic rings. The first-order chi connectivity index (χ1) is 9.66. The number of benzene rings is 1. The van der Waals surface area contributed by atoms with Crippen LogP contribution in [0.25, 0.3) is 0 Å². The van der Waals surface area contributed by atoms with Crippen LogP contribution in [0, 0.1) is 6.92 Å². The van der Waals surface area contributed by atoms with Crippen LogP contribution in [-0.2, 0) is 4.79 Å². The lowest BCUT2D eigenvalue weighted by Gasteiger charge is -2.27. The van der Waals surface area contributed by atoms with E-state index in [9.17, 15) is 9.90 Å². The Morgan fingerprint density at radius 1 is 1.38 bits per heavy atom. The quantitative estimate of drug-likeness (QED) is 0.847. The van der Waals surface area contributed by atoms with Crippen molar-refractivity contribution in [3.05, 3.63) is 29.3 Å². The first kappa shape index (κ1) is 17.5. The number of amides is 1. The highest BCUT2D eigenvalue weighted by Gasteiger charge is 2.23. The molecule has 4 heteroatoms. The minimum absolute atomic E-state index is 0.124. The number of aryl methyl sites for hydroxylation is 1. The third-order valence-electron chi connectivity index (χ3n) is 3.70. The van der Waals surface area contributed by atoms with Crippen LogP contribution in [0.15, 0.2) is 18.2 Å². The third kappa shape index (κ3) is 5.05. The van der Waals surface area contributed by atoms with Gasteiger partial charge in [-0.25, -0.2) is 0 Å². The molecule has 1 rings (SSSR count). The van der Waals surface area contributed by atoms with Gasteiger partial charge in [0.15, 0.2) is 6.10 Å². The van der Waals surface area contributed by atoms with Crippen LogP contribution < -0.4 is 10.1 Å². The molecule has 1 amide bonds. The molecule has 2 N–H and O–H groups in total. The highest BCUT2D eigenvalue weighted by molar-refractivity contribution is 5.81. The molecule has 2 atom stereocenters. The summed E-state index contributed by atoms with van der Waals surface area (Å²) in [5, 5.41) is 12.5. The molecule has 1 aromatic carbocycles. The van der Waals surface area contributed by atoms with Gasteiger partial charge in [-0.05, 0) is 64.3 Å². The summed E-state index contributed by atoms with van der Waals surface area (Å²) in [4.78, 5) is 12.1. The summed E-state index contributed by atoms with van der Waals surface area (Å²) in [6.45, 7) is 11.4. The number of ether oxygens (including phenoxy) is 1. The van der Waals surface area contributed by atoms with Gasteiger partial charge >= 0.3 is 0 Å². The minimum Gasteiger partial charge on any atom is -0.481 e. The van der Waals surface area contributed by atoms with Crippen LogP contribution in [0.3, 0.4) is 0 Å². The average molecular weight is 293 g/mol. The predicted octanol–water partition coefficient (Wildman–Crippen LogP) is 3.12. The Balaban J connectivity index is 2.75. The summed E-state index contributed by atoms with van der Waals surface area (Å²) in [6, 6.07) is 5.49. The molecular weight excluding hydrogens is 266 g/mol. The Labute approximate surface area is 127 Å². The fraction of sp³-hybridized carbons (Fsp3) is 0.588. The molecular formula is C17H27NO3. The maximum atomic E-state index is 12.1.